The molecular weight excluding hydrogens is 531 g/mol. The number of rotatable bonds is 6. The number of piperazine rings is 1. The number of hydrogen-bond donors (Lipinski definition) is 1. The summed E-state index contributed by atoms with van der Waals surface area (Å²) in [5.74, 6) is 1.01. The third-order valence-electron chi connectivity index (χ3n) is 5.16. The van der Waals surface area contributed by atoms with E-state index in [4.69, 9.17) is 0 Å². The molecule has 2 heterocycles. The normalized spacial score (nSPS) is 16.5. The number of hydrogen-bond acceptors (Lipinski definition) is 3. The average molecular weight is 561 g/mol. The van der Waals surface area contributed by atoms with Gasteiger partial charge in [-0.15, -0.1) is 24.0 Å². The first kappa shape index (κ1) is 23.2. The zero-order valence-corrected chi connectivity index (χ0v) is 20.5. The highest BCUT2D eigenvalue weighted by molar-refractivity contribution is 14.0. The standard InChI is InChI=1S/C20H29BrN6.HI/c1-17(18-4-6-19(21)7-5-18)26-12-14-27(15-13-26)20(22-2)24-8-3-10-25-11-9-23-16-25;/h4-7,9,11,16-17H,3,8,10,12-15H2,1-2H3,(H,22,24);1H. The number of guanidine groups is 1. The highest BCUT2D eigenvalue weighted by atomic mass is 127. The Labute approximate surface area is 193 Å². The van der Waals surface area contributed by atoms with Crippen molar-refractivity contribution >= 4 is 45.9 Å². The summed E-state index contributed by atoms with van der Waals surface area (Å²) in [6.45, 7) is 8.29. The van der Waals surface area contributed by atoms with Gasteiger partial charge in [0.15, 0.2) is 5.96 Å². The first-order chi connectivity index (χ1) is 13.2. The SMILES string of the molecule is CN=C(NCCCn1ccnc1)N1CCN(C(C)c2ccc(Br)cc2)CC1.I. The second-order valence-corrected chi connectivity index (χ2v) is 7.79. The number of aliphatic imine (C=N–C) groups is 1. The van der Waals surface area contributed by atoms with E-state index in [1.165, 1.54) is 5.56 Å². The summed E-state index contributed by atoms with van der Waals surface area (Å²) >= 11 is 3.51. The Morgan fingerprint density at radius 3 is 2.54 bits per heavy atom. The summed E-state index contributed by atoms with van der Waals surface area (Å²) in [6, 6.07) is 9.10. The van der Waals surface area contributed by atoms with Gasteiger partial charge in [0.1, 0.15) is 0 Å². The Morgan fingerprint density at radius 2 is 1.93 bits per heavy atom. The van der Waals surface area contributed by atoms with Crippen molar-refractivity contribution in [1.82, 2.24) is 24.7 Å². The lowest BCUT2D eigenvalue weighted by atomic mass is 10.1. The summed E-state index contributed by atoms with van der Waals surface area (Å²) in [5, 5.41) is 3.50. The van der Waals surface area contributed by atoms with Crippen LogP contribution in [0.5, 0.6) is 0 Å². The molecular formula is C20H30BrIN6. The second kappa shape index (κ2) is 11.8. The predicted octanol–water partition coefficient (Wildman–Crippen LogP) is 3.61. The van der Waals surface area contributed by atoms with E-state index in [0.717, 1.165) is 56.1 Å². The molecule has 154 valence electrons. The minimum absolute atomic E-state index is 0. The maximum atomic E-state index is 4.47. The second-order valence-electron chi connectivity index (χ2n) is 6.88. The molecule has 0 saturated carbocycles. The fourth-order valence-corrected chi connectivity index (χ4v) is 3.75. The first-order valence-electron chi connectivity index (χ1n) is 9.58. The van der Waals surface area contributed by atoms with Crippen molar-refractivity contribution in [2.45, 2.75) is 25.9 Å². The van der Waals surface area contributed by atoms with Gasteiger partial charge in [0, 0.05) is 69.2 Å². The van der Waals surface area contributed by atoms with E-state index >= 15 is 0 Å². The van der Waals surface area contributed by atoms with Crippen LogP contribution < -0.4 is 5.32 Å². The Hall–Kier alpha value is -1.13. The molecule has 1 aliphatic heterocycles. The van der Waals surface area contributed by atoms with E-state index in [1.54, 1.807) is 0 Å². The van der Waals surface area contributed by atoms with E-state index in [9.17, 15) is 0 Å². The number of nitrogens with one attached hydrogen (secondary N) is 1. The summed E-state index contributed by atoms with van der Waals surface area (Å²) in [4.78, 5) is 13.5. The van der Waals surface area contributed by atoms with Gasteiger partial charge in [-0.1, -0.05) is 28.1 Å². The van der Waals surface area contributed by atoms with Crippen LogP contribution in [0.3, 0.4) is 0 Å². The molecule has 0 spiro atoms. The molecule has 1 N–H and O–H groups in total. The molecule has 1 aromatic carbocycles. The van der Waals surface area contributed by atoms with Gasteiger partial charge < -0.3 is 14.8 Å². The van der Waals surface area contributed by atoms with Crippen molar-refractivity contribution in [2.24, 2.45) is 4.99 Å². The van der Waals surface area contributed by atoms with Gasteiger partial charge in [-0.2, -0.15) is 0 Å². The van der Waals surface area contributed by atoms with Crippen molar-refractivity contribution in [3.8, 4) is 0 Å². The molecule has 0 radical (unpaired) electrons. The van der Waals surface area contributed by atoms with E-state index < -0.39 is 0 Å². The number of halogens is 2. The lowest BCUT2D eigenvalue weighted by Crippen LogP contribution is -2.53. The lowest BCUT2D eigenvalue weighted by molar-refractivity contribution is 0.138. The summed E-state index contributed by atoms with van der Waals surface area (Å²) in [6.07, 6.45) is 6.73. The van der Waals surface area contributed by atoms with Gasteiger partial charge >= 0.3 is 0 Å². The summed E-state index contributed by atoms with van der Waals surface area (Å²) in [5.41, 5.74) is 1.37. The molecule has 1 unspecified atom stereocenters. The van der Waals surface area contributed by atoms with Crippen molar-refractivity contribution < 1.29 is 0 Å². The largest absolute Gasteiger partial charge is 0.356 e. The third-order valence-corrected chi connectivity index (χ3v) is 5.69. The maximum Gasteiger partial charge on any atom is 0.193 e. The Morgan fingerprint density at radius 1 is 1.21 bits per heavy atom. The van der Waals surface area contributed by atoms with Gasteiger partial charge in [0.25, 0.3) is 0 Å². The van der Waals surface area contributed by atoms with Gasteiger partial charge in [-0.3, -0.25) is 9.89 Å². The highest BCUT2D eigenvalue weighted by Crippen LogP contribution is 2.23. The van der Waals surface area contributed by atoms with E-state index in [1.807, 2.05) is 25.8 Å². The molecule has 8 heteroatoms. The number of aryl methyl sites for hydroxylation is 1. The molecule has 1 aliphatic rings. The van der Waals surface area contributed by atoms with Crippen molar-refractivity contribution in [1.29, 1.82) is 0 Å². The predicted molar refractivity (Wildman–Crippen MR) is 129 cm³/mol. The first-order valence-corrected chi connectivity index (χ1v) is 10.4. The van der Waals surface area contributed by atoms with Crippen LogP contribution in [-0.4, -0.2) is 65.1 Å². The van der Waals surface area contributed by atoms with Crippen LogP contribution in [-0.2, 0) is 6.54 Å². The summed E-state index contributed by atoms with van der Waals surface area (Å²) < 4.78 is 3.23. The molecule has 3 rings (SSSR count). The molecule has 0 amide bonds. The average Bonchev–Trinajstić information content (AvgIpc) is 3.22. The van der Waals surface area contributed by atoms with Gasteiger partial charge in [0.2, 0.25) is 0 Å². The minimum Gasteiger partial charge on any atom is -0.356 e. The Balaban J connectivity index is 0.00000280. The molecule has 1 aromatic heterocycles. The zero-order chi connectivity index (χ0) is 19.1. The molecule has 2 aromatic rings. The molecule has 1 atom stereocenters. The molecule has 0 aliphatic carbocycles. The molecule has 6 nitrogen and oxygen atoms in total. The minimum atomic E-state index is 0. The van der Waals surface area contributed by atoms with Gasteiger partial charge in [-0.05, 0) is 31.0 Å². The number of aromatic nitrogens is 2. The van der Waals surface area contributed by atoms with Crippen molar-refractivity contribution in [2.75, 3.05) is 39.8 Å². The number of imidazole rings is 1. The quantitative estimate of drug-likeness (QED) is 0.254. The highest BCUT2D eigenvalue weighted by Gasteiger charge is 2.23. The zero-order valence-electron chi connectivity index (χ0n) is 16.6. The van der Waals surface area contributed by atoms with Crippen LogP contribution in [0.1, 0.15) is 24.9 Å². The summed E-state index contributed by atoms with van der Waals surface area (Å²) in [7, 11) is 1.87. The lowest BCUT2D eigenvalue weighted by Gasteiger charge is -2.39. The smallest absolute Gasteiger partial charge is 0.193 e. The Kier molecular flexibility index (Phi) is 9.73. The van der Waals surface area contributed by atoms with Crippen LogP contribution in [0.25, 0.3) is 0 Å². The molecule has 0 bridgehead atoms. The fraction of sp³-hybridized carbons (Fsp3) is 0.500. The molecule has 1 fully saturated rings. The van der Waals surface area contributed by atoms with E-state index in [-0.39, 0.29) is 24.0 Å². The van der Waals surface area contributed by atoms with Gasteiger partial charge in [0.05, 0.1) is 6.33 Å². The van der Waals surface area contributed by atoms with Crippen LogP contribution in [0.2, 0.25) is 0 Å². The molecule has 1 saturated heterocycles. The van der Waals surface area contributed by atoms with Crippen molar-refractivity contribution in [3.63, 3.8) is 0 Å². The van der Waals surface area contributed by atoms with E-state index in [0.29, 0.717) is 6.04 Å². The number of nitrogens with zero attached hydrogens (tertiary/aromatic N) is 5. The molecule has 28 heavy (non-hydrogen) atoms. The third kappa shape index (κ3) is 6.45. The van der Waals surface area contributed by atoms with Crippen LogP contribution in [0.4, 0.5) is 0 Å². The number of benzene rings is 1. The monoisotopic (exact) mass is 560 g/mol. The van der Waals surface area contributed by atoms with Gasteiger partial charge in [-0.25, -0.2) is 4.98 Å². The van der Waals surface area contributed by atoms with Crippen LogP contribution in [0, 0.1) is 0 Å². The Bertz CT molecular complexity index is 711. The maximum absolute atomic E-state index is 4.47. The van der Waals surface area contributed by atoms with E-state index in [2.05, 4.69) is 76.8 Å². The van der Waals surface area contributed by atoms with Crippen LogP contribution in [0.15, 0.2) is 52.5 Å². The van der Waals surface area contributed by atoms with Crippen molar-refractivity contribution in [3.05, 3.63) is 53.0 Å². The topological polar surface area (TPSA) is 48.7 Å². The fourth-order valence-electron chi connectivity index (χ4n) is 3.49. The van der Waals surface area contributed by atoms with Crippen LogP contribution >= 0.6 is 39.9 Å².